The number of H-pyrrole nitrogens is 1. The van der Waals surface area contributed by atoms with Crippen molar-refractivity contribution in [1.29, 1.82) is 0 Å². The Hall–Kier alpha value is -3.27. The van der Waals surface area contributed by atoms with E-state index in [1.54, 1.807) is 55.6 Å². The van der Waals surface area contributed by atoms with E-state index < -0.39 is 21.8 Å². The lowest BCUT2D eigenvalue weighted by Gasteiger charge is -2.24. The summed E-state index contributed by atoms with van der Waals surface area (Å²) in [6.07, 6.45) is 3.22. The van der Waals surface area contributed by atoms with Gasteiger partial charge in [-0.1, -0.05) is 23.7 Å². The standard InChI is InChI=1S/C22H21ClN4O4S/c1-14(17-7-5-10-24-17)26(2)32(30,31)22-12-15(20(28)13-21(22)29)18-9-11-25-27(18)19-8-4-3-6-16(19)23/h3-14,24,28-29H,1-2H3. The first-order valence-electron chi connectivity index (χ1n) is 9.68. The summed E-state index contributed by atoms with van der Waals surface area (Å²) in [5, 5.41) is 25.7. The molecular weight excluding hydrogens is 452 g/mol. The zero-order valence-electron chi connectivity index (χ0n) is 17.3. The summed E-state index contributed by atoms with van der Waals surface area (Å²) in [5.74, 6) is -0.851. The van der Waals surface area contributed by atoms with Crippen LogP contribution in [0.1, 0.15) is 18.7 Å². The molecule has 1 atom stereocenters. The van der Waals surface area contributed by atoms with Crippen molar-refractivity contribution in [2.24, 2.45) is 0 Å². The number of benzene rings is 2. The first-order chi connectivity index (χ1) is 15.2. The number of phenols is 2. The van der Waals surface area contributed by atoms with Gasteiger partial charge in [0.15, 0.2) is 0 Å². The molecule has 1 unspecified atom stereocenters. The molecule has 2 aromatic carbocycles. The SMILES string of the molecule is CC(c1ccc[nH]1)N(C)S(=O)(=O)c1cc(-c2ccnn2-c2ccccc2Cl)c(O)cc1O. The summed E-state index contributed by atoms with van der Waals surface area (Å²) in [6.45, 7) is 1.73. The quantitative estimate of drug-likeness (QED) is 0.387. The minimum absolute atomic E-state index is 0.180. The maximum absolute atomic E-state index is 13.4. The summed E-state index contributed by atoms with van der Waals surface area (Å²) < 4.78 is 29.4. The van der Waals surface area contributed by atoms with Gasteiger partial charge in [0.2, 0.25) is 10.0 Å². The highest BCUT2D eigenvalue weighted by atomic mass is 35.5. The third-order valence-corrected chi connectivity index (χ3v) is 7.63. The molecule has 32 heavy (non-hydrogen) atoms. The van der Waals surface area contributed by atoms with E-state index in [1.165, 1.54) is 24.0 Å². The van der Waals surface area contributed by atoms with Gasteiger partial charge in [0, 0.05) is 30.6 Å². The molecule has 0 amide bonds. The summed E-state index contributed by atoms with van der Waals surface area (Å²) >= 11 is 6.30. The molecule has 0 aliphatic heterocycles. The molecule has 2 heterocycles. The fraction of sp³-hybridized carbons (Fsp3) is 0.136. The molecule has 0 aliphatic carbocycles. The number of hydrogen-bond acceptors (Lipinski definition) is 5. The Bertz CT molecular complexity index is 1370. The van der Waals surface area contributed by atoms with Crippen LogP contribution in [0.4, 0.5) is 0 Å². The number of hydrogen-bond donors (Lipinski definition) is 3. The Morgan fingerprint density at radius 3 is 2.53 bits per heavy atom. The van der Waals surface area contributed by atoms with Gasteiger partial charge < -0.3 is 15.2 Å². The smallest absolute Gasteiger partial charge is 0.247 e. The molecule has 0 fully saturated rings. The van der Waals surface area contributed by atoms with Gasteiger partial charge in [0.25, 0.3) is 0 Å². The van der Waals surface area contributed by atoms with Crippen LogP contribution in [0, 0.1) is 0 Å². The second kappa shape index (κ2) is 8.34. The zero-order chi connectivity index (χ0) is 23.0. The van der Waals surface area contributed by atoms with Crippen LogP contribution in [-0.4, -0.2) is 44.7 Å². The third kappa shape index (κ3) is 3.75. The number of nitrogens with zero attached hydrogens (tertiary/aromatic N) is 3. The number of para-hydroxylation sites is 1. The predicted molar refractivity (Wildman–Crippen MR) is 121 cm³/mol. The summed E-state index contributed by atoms with van der Waals surface area (Å²) in [6, 6.07) is 13.9. The summed E-state index contributed by atoms with van der Waals surface area (Å²) in [5.41, 5.74) is 1.85. The third-order valence-electron chi connectivity index (χ3n) is 5.35. The maximum atomic E-state index is 13.4. The van der Waals surface area contributed by atoms with Crippen LogP contribution < -0.4 is 0 Å². The van der Waals surface area contributed by atoms with Crippen LogP contribution in [0.25, 0.3) is 16.9 Å². The van der Waals surface area contributed by atoms with E-state index >= 15 is 0 Å². The van der Waals surface area contributed by atoms with Gasteiger partial charge in [-0.05, 0) is 43.3 Å². The fourth-order valence-electron chi connectivity index (χ4n) is 3.46. The van der Waals surface area contributed by atoms with E-state index in [2.05, 4.69) is 10.1 Å². The largest absolute Gasteiger partial charge is 0.507 e. The van der Waals surface area contributed by atoms with E-state index in [0.29, 0.717) is 22.1 Å². The topological polar surface area (TPSA) is 111 Å². The van der Waals surface area contributed by atoms with Crippen molar-refractivity contribution in [2.75, 3.05) is 7.05 Å². The normalized spacial score (nSPS) is 12.9. The molecule has 8 nitrogen and oxygen atoms in total. The Labute approximate surface area is 190 Å². The van der Waals surface area contributed by atoms with Crippen molar-refractivity contribution in [3.8, 4) is 28.4 Å². The number of aromatic nitrogens is 3. The number of nitrogens with one attached hydrogen (secondary N) is 1. The van der Waals surface area contributed by atoms with Crippen LogP contribution in [0.15, 0.2) is 71.9 Å². The molecule has 4 aromatic rings. The Balaban J connectivity index is 1.82. The van der Waals surface area contributed by atoms with Crippen molar-refractivity contribution in [2.45, 2.75) is 17.9 Å². The van der Waals surface area contributed by atoms with Crippen molar-refractivity contribution in [1.82, 2.24) is 19.1 Å². The van der Waals surface area contributed by atoms with Gasteiger partial charge >= 0.3 is 0 Å². The van der Waals surface area contributed by atoms with E-state index in [0.717, 1.165) is 10.4 Å². The summed E-state index contributed by atoms with van der Waals surface area (Å²) in [4.78, 5) is 2.66. The maximum Gasteiger partial charge on any atom is 0.247 e. The van der Waals surface area contributed by atoms with Gasteiger partial charge in [-0.3, -0.25) is 0 Å². The lowest BCUT2D eigenvalue weighted by Crippen LogP contribution is -2.30. The first-order valence-corrected chi connectivity index (χ1v) is 11.5. The minimum Gasteiger partial charge on any atom is -0.507 e. The van der Waals surface area contributed by atoms with Gasteiger partial charge in [0.1, 0.15) is 16.4 Å². The number of halogens is 1. The molecule has 0 radical (unpaired) electrons. The van der Waals surface area contributed by atoms with Crippen LogP contribution >= 0.6 is 11.6 Å². The molecular formula is C22H21ClN4O4S. The Morgan fingerprint density at radius 1 is 1.09 bits per heavy atom. The first kappa shape index (κ1) is 21.9. The monoisotopic (exact) mass is 472 g/mol. The molecule has 2 aromatic heterocycles. The highest BCUT2D eigenvalue weighted by molar-refractivity contribution is 7.89. The van der Waals surface area contributed by atoms with E-state index in [9.17, 15) is 18.6 Å². The highest BCUT2D eigenvalue weighted by Gasteiger charge is 2.31. The average Bonchev–Trinajstić information content (AvgIpc) is 3.45. The van der Waals surface area contributed by atoms with Gasteiger partial charge in [0.05, 0.1) is 28.6 Å². The number of aromatic amines is 1. The molecule has 4 rings (SSSR count). The lowest BCUT2D eigenvalue weighted by molar-refractivity contribution is 0.387. The number of rotatable bonds is 6. The highest BCUT2D eigenvalue weighted by Crippen LogP contribution is 2.40. The van der Waals surface area contributed by atoms with Gasteiger partial charge in [-0.15, -0.1) is 0 Å². The van der Waals surface area contributed by atoms with Crippen molar-refractivity contribution in [3.63, 3.8) is 0 Å². The molecule has 0 saturated carbocycles. The fourth-order valence-corrected chi connectivity index (χ4v) is 5.10. The second-order valence-corrected chi connectivity index (χ2v) is 9.61. The van der Waals surface area contributed by atoms with E-state index in [-0.39, 0.29) is 16.2 Å². The van der Waals surface area contributed by atoms with Crippen LogP contribution in [-0.2, 0) is 10.0 Å². The van der Waals surface area contributed by atoms with E-state index in [1.807, 2.05) is 0 Å². The van der Waals surface area contributed by atoms with Crippen LogP contribution in [0.2, 0.25) is 5.02 Å². The molecule has 166 valence electrons. The Morgan fingerprint density at radius 2 is 1.84 bits per heavy atom. The molecule has 0 aliphatic rings. The van der Waals surface area contributed by atoms with Crippen molar-refractivity contribution >= 4 is 21.6 Å². The lowest BCUT2D eigenvalue weighted by atomic mass is 10.1. The van der Waals surface area contributed by atoms with Crippen LogP contribution in [0.5, 0.6) is 11.5 Å². The number of aromatic hydroxyl groups is 2. The van der Waals surface area contributed by atoms with Gasteiger partial charge in [-0.2, -0.15) is 9.40 Å². The molecule has 10 heteroatoms. The predicted octanol–water partition coefficient (Wildman–Crippen LogP) is 4.31. The number of phenolic OH excluding ortho intramolecular Hbond substituents is 2. The van der Waals surface area contributed by atoms with Crippen molar-refractivity contribution < 1.29 is 18.6 Å². The zero-order valence-corrected chi connectivity index (χ0v) is 18.8. The average molecular weight is 473 g/mol. The minimum atomic E-state index is -4.11. The van der Waals surface area contributed by atoms with E-state index in [4.69, 9.17) is 11.6 Å². The number of sulfonamides is 1. The molecule has 0 saturated heterocycles. The molecule has 3 N–H and O–H groups in total. The summed E-state index contributed by atoms with van der Waals surface area (Å²) in [7, 11) is -2.68. The van der Waals surface area contributed by atoms with Gasteiger partial charge in [-0.25, -0.2) is 13.1 Å². The van der Waals surface area contributed by atoms with Crippen LogP contribution in [0.3, 0.4) is 0 Å². The molecule has 0 spiro atoms. The second-order valence-electron chi connectivity index (χ2n) is 7.24. The molecule has 0 bridgehead atoms. The van der Waals surface area contributed by atoms with Crippen molar-refractivity contribution in [3.05, 3.63) is 77.7 Å². The Kier molecular flexibility index (Phi) is 5.72.